The summed E-state index contributed by atoms with van der Waals surface area (Å²) in [5, 5.41) is 3.59. The number of rotatable bonds is 11. The Morgan fingerprint density at radius 3 is 2.25 bits per heavy atom. The second-order valence-corrected chi connectivity index (χ2v) is 4.70. The third-order valence-corrected chi connectivity index (χ3v) is 3.21. The highest BCUT2D eigenvalue weighted by atomic mass is 16.5. The average molecular weight is 229 g/mol. The Hall–Kier alpha value is -0.0800. The molecule has 16 heavy (non-hydrogen) atoms. The van der Waals surface area contributed by atoms with E-state index in [2.05, 4.69) is 26.1 Å². The zero-order valence-corrected chi connectivity index (χ0v) is 11.7. The van der Waals surface area contributed by atoms with Crippen molar-refractivity contribution in [1.82, 2.24) is 5.32 Å². The normalized spacial score (nSPS) is 15.0. The van der Waals surface area contributed by atoms with Gasteiger partial charge in [0.2, 0.25) is 0 Å². The van der Waals surface area contributed by atoms with Crippen LogP contribution < -0.4 is 5.32 Å². The van der Waals surface area contributed by atoms with Crippen LogP contribution in [0.15, 0.2) is 0 Å². The van der Waals surface area contributed by atoms with E-state index in [-0.39, 0.29) is 0 Å². The highest BCUT2D eigenvalue weighted by Gasteiger charge is 2.14. The molecule has 0 aromatic carbocycles. The second-order valence-electron chi connectivity index (χ2n) is 4.70. The Balaban J connectivity index is 3.65. The summed E-state index contributed by atoms with van der Waals surface area (Å²) in [7, 11) is 1.81. The van der Waals surface area contributed by atoms with E-state index in [9.17, 15) is 0 Å². The van der Waals surface area contributed by atoms with Gasteiger partial charge in [0.1, 0.15) is 0 Å². The summed E-state index contributed by atoms with van der Waals surface area (Å²) in [4.78, 5) is 0. The van der Waals surface area contributed by atoms with E-state index in [0.29, 0.717) is 12.1 Å². The molecule has 0 aliphatic heterocycles. The maximum atomic E-state index is 5.43. The molecule has 0 aromatic heterocycles. The fraction of sp³-hybridized carbons (Fsp3) is 1.00. The first-order valence-electron chi connectivity index (χ1n) is 7.02. The fourth-order valence-corrected chi connectivity index (χ4v) is 1.96. The molecule has 1 N–H and O–H groups in total. The molecule has 0 rings (SSSR count). The first-order valence-corrected chi connectivity index (χ1v) is 7.02. The Morgan fingerprint density at radius 2 is 1.69 bits per heavy atom. The lowest BCUT2D eigenvalue weighted by Gasteiger charge is -2.24. The molecule has 2 nitrogen and oxygen atoms in total. The molecule has 0 spiro atoms. The van der Waals surface area contributed by atoms with Crippen molar-refractivity contribution >= 4 is 0 Å². The van der Waals surface area contributed by atoms with Gasteiger partial charge < -0.3 is 10.1 Å². The number of unbranched alkanes of at least 4 members (excludes halogenated alkanes) is 4. The van der Waals surface area contributed by atoms with Gasteiger partial charge in [0.15, 0.2) is 0 Å². The van der Waals surface area contributed by atoms with Crippen molar-refractivity contribution in [3.63, 3.8) is 0 Å². The highest BCUT2D eigenvalue weighted by molar-refractivity contribution is 4.73. The summed E-state index contributed by atoms with van der Waals surface area (Å²) in [6, 6.07) is 0.534. The van der Waals surface area contributed by atoms with Crippen molar-refractivity contribution in [2.24, 2.45) is 0 Å². The molecule has 2 unspecified atom stereocenters. The Morgan fingerprint density at radius 1 is 1.00 bits per heavy atom. The number of nitrogens with one attached hydrogen (secondary N) is 1. The average Bonchev–Trinajstić information content (AvgIpc) is 2.31. The molecule has 0 saturated heterocycles. The molecular formula is C14H31NO. The summed E-state index contributed by atoms with van der Waals surface area (Å²) in [6.07, 6.45) is 9.57. The molecule has 0 aliphatic rings. The molecule has 0 aliphatic carbocycles. The van der Waals surface area contributed by atoms with Crippen molar-refractivity contribution < 1.29 is 4.74 Å². The molecule has 0 heterocycles. The molecule has 0 bridgehead atoms. The summed E-state index contributed by atoms with van der Waals surface area (Å²) in [6.45, 7) is 7.74. The van der Waals surface area contributed by atoms with E-state index < -0.39 is 0 Å². The van der Waals surface area contributed by atoms with Crippen LogP contribution in [0.2, 0.25) is 0 Å². The lowest BCUT2D eigenvalue weighted by molar-refractivity contribution is 0.0791. The number of hydrogen-bond acceptors (Lipinski definition) is 2. The van der Waals surface area contributed by atoms with Gasteiger partial charge in [-0.25, -0.2) is 0 Å². The Labute approximate surface area is 102 Å². The van der Waals surface area contributed by atoms with Gasteiger partial charge in [-0.2, -0.15) is 0 Å². The molecule has 2 heteroatoms. The van der Waals surface area contributed by atoms with Crippen molar-refractivity contribution in [1.29, 1.82) is 0 Å². The second kappa shape index (κ2) is 11.4. The SMILES string of the molecule is CCCCCCCC(NCCC)C(C)OC. The van der Waals surface area contributed by atoms with Gasteiger partial charge in [0.25, 0.3) is 0 Å². The summed E-state index contributed by atoms with van der Waals surface area (Å²) < 4.78 is 5.43. The molecule has 98 valence electrons. The third-order valence-electron chi connectivity index (χ3n) is 3.21. The summed E-state index contributed by atoms with van der Waals surface area (Å²) in [5.41, 5.74) is 0. The lowest BCUT2D eigenvalue weighted by Crippen LogP contribution is -2.39. The van der Waals surface area contributed by atoms with Gasteiger partial charge in [-0.1, -0.05) is 46.0 Å². The quantitative estimate of drug-likeness (QED) is 0.545. The molecule has 0 fully saturated rings. The van der Waals surface area contributed by atoms with Crippen molar-refractivity contribution in [3.05, 3.63) is 0 Å². The maximum Gasteiger partial charge on any atom is 0.0696 e. The van der Waals surface area contributed by atoms with Crippen LogP contribution in [0.1, 0.15) is 65.7 Å². The van der Waals surface area contributed by atoms with Crippen LogP contribution in [0.3, 0.4) is 0 Å². The topological polar surface area (TPSA) is 21.3 Å². The minimum atomic E-state index is 0.331. The molecule has 0 aromatic rings. The van der Waals surface area contributed by atoms with E-state index in [4.69, 9.17) is 4.74 Å². The molecule has 0 amide bonds. The van der Waals surface area contributed by atoms with E-state index >= 15 is 0 Å². The minimum Gasteiger partial charge on any atom is -0.380 e. The van der Waals surface area contributed by atoms with Gasteiger partial charge in [0.05, 0.1) is 6.10 Å². The number of hydrogen-bond donors (Lipinski definition) is 1. The minimum absolute atomic E-state index is 0.331. The standard InChI is InChI=1S/C14H31NO/c1-5-7-8-9-10-11-14(13(3)16-4)15-12-6-2/h13-15H,5-12H2,1-4H3. The largest absolute Gasteiger partial charge is 0.380 e. The maximum absolute atomic E-state index is 5.43. The molecule has 0 radical (unpaired) electrons. The van der Waals surface area contributed by atoms with Crippen molar-refractivity contribution in [2.75, 3.05) is 13.7 Å². The zero-order valence-electron chi connectivity index (χ0n) is 11.7. The molecule has 0 saturated carbocycles. The van der Waals surface area contributed by atoms with Crippen LogP contribution in [0, 0.1) is 0 Å². The number of methoxy groups -OCH3 is 1. The first-order chi connectivity index (χ1) is 7.76. The lowest BCUT2D eigenvalue weighted by atomic mass is 10.0. The predicted molar refractivity (Wildman–Crippen MR) is 71.9 cm³/mol. The van der Waals surface area contributed by atoms with Gasteiger partial charge >= 0.3 is 0 Å². The van der Waals surface area contributed by atoms with Gasteiger partial charge in [-0.15, -0.1) is 0 Å². The van der Waals surface area contributed by atoms with Crippen LogP contribution in [0.4, 0.5) is 0 Å². The summed E-state index contributed by atoms with van der Waals surface area (Å²) in [5.74, 6) is 0. The molecule has 2 atom stereocenters. The van der Waals surface area contributed by atoms with Gasteiger partial charge in [0, 0.05) is 13.2 Å². The number of ether oxygens (including phenoxy) is 1. The predicted octanol–water partition coefficient (Wildman–Crippen LogP) is 3.75. The van der Waals surface area contributed by atoms with E-state index in [1.165, 1.54) is 44.9 Å². The van der Waals surface area contributed by atoms with Crippen LogP contribution in [0.25, 0.3) is 0 Å². The van der Waals surface area contributed by atoms with Crippen LogP contribution >= 0.6 is 0 Å². The molecular weight excluding hydrogens is 198 g/mol. The third kappa shape index (κ3) is 8.12. The van der Waals surface area contributed by atoms with E-state index in [0.717, 1.165) is 6.54 Å². The van der Waals surface area contributed by atoms with E-state index in [1.54, 1.807) is 0 Å². The van der Waals surface area contributed by atoms with Gasteiger partial charge in [-0.05, 0) is 26.3 Å². The fourth-order valence-electron chi connectivity index (χ4n) is 1.96. The Kier molecular flexibility index (Phi) is 11.3. The summed E-state index contributed by atoms with van der Waals surface area (Å²) >= 11 is 0. The van der Waals surface area contributed by atoms with Crippen molar-refractivity contribution in [2.45, 2.75) is 77.9 Å². The van der Waals surface area contributed by atoms with Crippen LogP contribution in [-0.2, 0) is 4.74 Å². The smallest absolute Gasteiger partial charge is 0.0696 e. The highest BCUT2D eigenvalue weighted by Crippen LogP contribution is 2.11. The van der Waals surface area contributed by atoms with Crippen LogP contribution in [-0.4, -0.2) is 25.8 Å². The van der Waals surface area contributed by atoms with Crippen LogP contribution in [0.5, 0.6) is 0 Å². The zero-order chi connectivity index (χ0) is 12.2. The van der Waals surface area contributed by atoms with Crippen molar-refractivity contribution in [3.8, 4) is 0 Å². The monoisotopic (exact) mass is 229 g/mol. The Bertz CT molecular complexity index is 139. The van der Waals surface area contributed by atoms with Gasteiger partial charge in [-0.3, -0.25) is 0 Å². The first kappa shape index (κ1) is 15.9. The van der Waals surface area contributed by atoms with E-state index in [1.807, 2.05) is 7.11 Å².